The third kappa shape index (κ3) is 3.05. The molecule has 0 saturated heterocycles. The molecule has 1 N–H and O–H groups in total. The predicted molar refractivity (Wildman–Crippen MR) is 64.6 cm³/mol. The van der Waals surface area contributed by atoms with Gasteiger partial charge in [-0.2, -0.15) is 0 Å². The minimum atomic E-state index is -1.40. The van der Waals surface area contributed by atoms with Gasteiger partial charge in [0.1, 0.15) is 0 Å². The lowest BCUT2D eigenvalue weighted by Crippen LogP contribution is -2.31. The van der Waals surface area contributed by atoms with Crippen molar-refractivity contribution in [2.24, 2.45) is 5.92 Å². The molecular weight excluding hydrogens is 239 g/mol. The summed E-state index contributed by atoms with van der Waals surface area (Å²) in [6.07, 6.45) is 4.94. The molecular formula is C14H18F3N. The van der Waals surface area contributed by atoms with Gasteiger partial charge in [0, 0.05) is 12.6 Å². The van der Waals surface area contributed by atoms with Crippen LogP contribution < -0.4 is 5.32 Å². The van der Waals surface area contributed by atoms with Crippen molar-refractivity contribution >= 4 is 0 Å². The van der Waals surface area contributed by atoms with Crippen LogP contribution in [0.1, 0.15) is 38.2 Å². The summed E-state index contributed by atoms with van der Waals surface area (Å²) in [6, 6.07) is 2.42. The van der Waals surface area contributed by atoms with Crippen LogP contribution in [0.5, 0.6) is 0 Å². The number of nitrogens with one attached hydrogen (secondary N) is 1. The predicted octanol–water partition coefficient (Wildman–Crippen LogP) is 3.77. The highest BCUT2D eigenvalue weighted by atomic mass is 19.2. The van der Waals surface area contributed by atoms with Crippen LogP contribution in [0.15, 0.2) is 12.1 Å². The van der Waals surface area contributed by atoms with Crippen molar-refractivity contribution in [3.8, 4) is 0 Å². The van der Waals surface area contributed by atoms with E-state index in [0.29, 0.717) is 24.1 Å². The van der Waals surface area contributed by atoms with Gasteiger partial charge >= 0.3 is 0 Å². The summed E-state index contributed by atoms with van der Waals surface area (Å²) in [4.78, 5) is 0. The molecule has 0 bridgehead atoms. The highest BCUT2D eigenvalue weighted by molar-refractivity contribution is 5.19. The van der Waals surface area contributed by atoms with Crippen molar-refractivity contribution in [2.45, 2.75) is 45.2 Å². The largest absolute Gasteiger partial charge is 0.310 e. The molecule has 0 aliphatic heterocycles. The lowest BCUT2D eigenvalue weighted by molar-refractivity contribution is 0.378. The summed E-state index contributed by atoms with van der Waals surface area (Å²) in [6.45, 7) is 2.46. The van der Waals surface area contributed by atoms with Crippen LogP contribution in [-0.2, 0) is 6.54 Å². The molecule has 1 aromatic rings. The first-order chi connectivity index (χ1) is 8.58. The maximum atomic E-state index is 13.0. The fourth-order valence-electron chi connectivity index (χ4n) is 2.61. The Morgan fingerprint density at radius 3 is 2.28 bits per heavy atom. The average Bonchev–Trinajstić information content (AvgIpc) is 2.86. The summed E-state index contributed by atoms with van der Waals surface area (Å²) >= 11 is 0. The minimum absolute atomic E-state index is 0.323. The van der Waals surface area contributed by atoms with Gasteiger partial charge in [-0.25, -0.2) is 13.2 Å². The topological polar surface area (TPSA) is 12.0 Å². The van der Waals surface area contributed by atoms with Crippen LogP contribution in [0.2, 0.25) is 0 Å². The van der Waals surface area contributed by atoms with Crippen molar-refractivity contribution in [2.75, 3.05) is 0 Å². The van der Waals surface area contributed by atoms with Crippen molar-refractivity contribution in [1.82, 2.24) is 5.32 Å². The molecule has 0 spiro atoms. The van der Waals surface area contributed by atoms with Crippen LogP contribution in [0.25, 0.3) is 0 Å². The Morgan fingerprint density at radius 1 is 1.17 bits per heavy atom. The van der Waals surface area contributed by atoms with Crippen molar-refractivity contribution in [3.63, 3.8) is 0 Å². The molecule has 1 aliphatic rings. The molecule has 2 rings (SSSR count). The van der Waals surface area contributed by atoms with E-state index in [2.05, 4.69) is 12.2 Å². The standard InChI is InChI=1S/C14H18F3N/c1-9(11-4-2-3-5-11)18-8-10-6-12(15)14(17)13(16)7-10/h6-7,9,11,18H,2-5,8H2,1H3. The van der Waals surface area contributed by atoms with E-state index < -0.39 is 17.5 Å². The molecule has 1 fully saturated rings. The molecule has 0 aromatic heterocycles. The molecule has 4 heteroatoms. The van der Waals surface area contributed by atoms with E-state index in [-0.39, 0.29) is 0 Å². The monoisotopic (exact) mass is 257 g/mol. The Bertz CT molecular complexity index is 390. The number of hydrogen-bond acceptors (Lipinski definition) is 1. The second-order valence-corrected chi connectivity index (χ2v) is 5.09. The number of halogens is 3. The van der Waals surface area contributed by atoms with Gasteiger partial charge in [0.25, 0.3) is 0 Å². The van der Waals surface area contributed by atoms with Crippen molar-refractivity contribution in [1.29, 1.82) is 0 Å². The summed E-state index contributed by atoms with van der Waals surface area (Å²) in [5, 5.41) is 3.26. The third-order valence-corrected chi connectivity index (χ3v) is 3.78. The SMILES string of the molecule is CC(NCc1cc(F)c(F)c(F)c1)C1CCCC1. The number of rotatable bonds is 4. The molecule has 18 heavy (non-hydrogen) atoms. The Morgan fingerprint density at radius 2 is 1.72 bits per heavy atom. The van der Waals surface area contributed by atoms with Crippen LogP contribution >= 0.6 is 0 Å². The van der Waals surface area contributed by atoms with Gasteiger partial charge in [0.2, 0.25) is 0 Å². The summed E-state index contributed by atoms with van der Waals surface area (Å²) in [7, 11) is 0. The van der Waals surface area contributed by atoms with Gasteiger partial charge in [-0.3, -0.25) is 0 Å². The zero-order valence-electron chi connectivity index (χ0n) is 10.5. The van der Waals surface area contributed by atoms with Crippen LogP contribution in [0.4, 0.5) is 13.2 Å². The van der Waals surface area contributed by atoms with E-state index in [0.717, 1.165) is 12.1 Å². The maximum absolute atomic E-state index is 13.0. The second kappa shape index (κ2) is 5.74. The normalized spacial score (nSPS) is 18.2. The molecule has 1 aromatic carbocycles. The Labute approximate surface area is 105 Å². The van der Waals surface area contributed by atoms with Crippen LogP contribution in [0, 0.1) is 23.4 Å². The fraction of sp³-hybridized carbons (Fsp3) is 0.571. The van der Waals surface area contributed by atoms with Crippen molar-refractivity contribution in [3.05, 3.63) is 35.1 Å². The van der Waals surface area contributed by atoms with Gasteiger partial charge in [-0.1, -0.05) is 12.8 Å². The highest BCUT2D eigenvalue weighted by Crippen LogP contribution is 2.27. The molecule has 1 aliphatic carbocycles. The van der Waals surface area contributed by atoms with Gasteiger partial charge in [-0.15, -0.1) is 0 Å². The molecule has 1 atom stereocenters. The maximum Gasteiger partial charge on any atom is 0.194 e. The van der Waals surface area contributed by atoms with Crippen molar-refractivity contribution < 1.29 is 13.2 Å². The summed E-state index contributed by atoms with van der Waals surface area (Å²) < 4.78 is 38.8. The van der Waals surface area contributed by atoms with Gasteiger partial charge in [0.15, 0.2) is 17.5 Å². The lowest BCUT2D eigenvalue weighted by atomic mass is 9.99. The molecule has 1 saturated carbocycles. The summed E-state index contributed by atoms with van der Waals surface area (Å²) in [5.41, 5.74) is 0.441. The molecule has 100 valence electrons. The number of hydrogen-bond donors (Lipinski definition) is 1. The summed E-state index contributed by atoms with van der Waals surface area (Å²) in [5.74, 6) is -3.01. The van der Waals surface area contributed by atoms with E-state index in [4.69, 9.17) is 0 Å². The zero-order valence-corrected chi connectivity index (χ0v) is 10.5. The van der Waals surface area contributed by atoms with E-state index in [9.17, 15) is 13.2 Å². The second-order valence-electron chi connectivity index (χ2n) is 5.09. The minimum Gasteiger partial charge on any atom is -0.310 e. The smallest absolute Gasteiger partial charge is 0.194 e. The van der Waals surface area contributed by atoms with E-state index in [1.165, 1.54) is 25.7 Å². The molecule has 1 nitrogen and oxygen atoms in total. The molecule has 1 unspecified atom stereocenters. The van der Waals surface area contributed by atoms with E-state index in [1.807, 2.05) is 0 Å². The fourth-order valence-corrected chi connectivity index (χ4v) is 2.61. The van der Waals surface area contributed by atoms with Gasteiger partial charge < -0.3 is 5.32 Å². The van der Waals surface area contributed by atoms with Crippen LogP contribution in [-0.4, -0.2) is 6.04 Å². The lowest BCUT2D eigenvalue weighted by Gasteiger charge is -2.20. The Kier molecular flexibility index (Phi) is 4.27. The highest BCUT2D eigenvalue weighted by Gasteiger charge is 2.21. The van der Waals surface area contributed by atoms with Gasteiger partial charge in [0.05, 0.1) is 0 Å². The third-order valence-electron chi connectivity index (χ3n) is 3.78. The molecule has 0 heterocycles. The molecule has 0 amide bonds. The van der Waals surface area contributed by atoms with E-state index in [1.54, 1.807) is 0 Å². The van der Waals surface area contributed by atoms with E-state index >= 15 is 0 Å². The quantitative estimate of drug-likeness (QED) is 0.810. The average molecular weight is 257 g/mol. The Hall–Kier alpha value is -1.03. The first-order valence-corrected chi connectivity index (χ1v) is 6.44. The Balaban J connectivity index is 1.93. The van der Waals surface area contributed by atoms with Crippen LogP contribution in [0.3, 0.4) is 0 Å². The first kappa shape index (κ1) is 13.4. The number of benzene rings is 1. The first-order valence-electron chi connectivity index (χ1n) is 6.44. The molecule has 0 radical (unpaired) electrons. The van der Waals surface area contributed by atoms with Gasteiger partial charge in [-0.05, 0) is 43.4 Å². The zero-order chi connectivity index (χ0) is 13.1.